The number of nitrogens with one attached hydrogen (secondary N) is 1. The van der Waals surface area contributed by atoms with Crippen molar-refractivity contribution in [2.75, 3.05) is 13.2 Å². The highest BCUT2D eigenvalue weighted by molar-refractivity contribution is 9.11. The summed E-state index contributed by atoms with van der Waals surface area (Å²) >= 11 is 7.17. The van der Waals surface area contributed by atoms with Crippen molar-refractivity contribution in [1.29, 1.82) is 0 Å². The summed E-state index contributed by atoms with van der Waals surface area (Å²) in [5.74, 6) is 3.89. The maximum atomic E-state index is 5.79. The van der Waals surface area contributed by atoms with E-state index in [4.69, 9.17) is 4.74 Å². The number of hydrogen-bond acceptors (Lipinski definition) is 2. The van der Waals surface area contributed by atoms with Crippen molar-refractivity contribution in [2.45, 2.75) is 39.2 Å². The monoisotopic (exact) mass is 415 g/mol. The lowest BCUT2D eigenvalue weighted by molar-refractivity contribution is 0.313. The van der Waals surface area contributed by atoms with Crippen LogP contribution in [-0.4, -0.2) is 13.2 Å². The van der Waals surface area contributed by atoms with Crippen LogP contribution in [0.1, 0.15) is 38.2 Å². The van der Waals surface area contributed by atoms with Crippen molar-refractivity contribution in [3.63, 3.8) is 0 Å². The second-order valence-electron chi connectivity index (χ2n) is 6.37. The summed E-state index contributed by atoms with van der Waals surface area (Å²) in [5.41, 5.74) is 1.22. The van der Waals surface area contributed by atoms with E-state index in [0.717, 1.165) is 45.5 Å². The molecule has 3 unspecified atom stereocenters. The predicted molar refractivity (Wildman–Crippen MR) is 93.7 cm³/mol. The molecule has 4 heteroatoms. The highest BCUT2D eigenvalue weighted by Crippen LogP contribution is 2.48. The first kappa shape index (κ1) is 15.8. The zero-order valence-electron chi connectivity index (χ0n) is 12.5. The van der Waals surface area contributed by atoms with Gasteiger partial charge in [-0.2, -0.15) is 0 Å². The SMILES string of the molecule is CCOc1c(Br)cc(Br)cc1CNCC1CC2CCC1C2. The number of ether oxygens (including phenoxy) is 1. The fourth-order valence-electron chi connectivity index (χ4n) is 4.07. The van der Waals surface area contributed by atoms with Crippen LogP contribution >= 0.6 is 31.9 Å². The Morgan fingerprint density at radius 3 is 2.76 bits per heavy atom. The third kappa shape index (κ3) is 3.65. The van der Waals surface area contributed by atoms with E-state index in [0.29, 0.717) is 6.61 Å². The molecule has 0 spiro atoms. The molecule has 1 aromatic rings. The Hall–Kier alpha value is -0.0600. The third-order valence-corrected chi connectivity index (χ3v) is 6.03. The standard InChI is InChI=1S/C17H23Br2NO/c1-2-21-17-14(7-15(18)8-16(17)19)10-20-9-13-6-11-3-4-12(13)5-11/h7-8,11-13,20H,2-6,9-10H2,1H3. The molecule has 2 nitrogen and oxygen atoms in total. The first-order valence-electron chi connectivity index (χ1n) is 7.98. The van der Waals surface area contributed by atoms with Crippen LogP contribution in [0.4, 0.5) is 0 Å². The van der Waals surface area contributed by atoms with Gasteiger partial charge >= 0.3 is 0 Å². The quantitative estimate of drug-likeness (QED) is 0.693. The average molecular weight is 417 g/mol. The molecule has 3 rings (SSSR count). The van der Waals surface area contributed by atoms with E-state index in [9.17, 15) is 0 Å². The van der Waals surface area contributed by atoms with Gasteiger partial charge in [0.1, 0.15) is 5.75 Å². The van der Waals surface area contributed by atoms with Crippen molar-refractivity contribution in [1.82, 2.24) is 5.32 Å². The topological polar surface area (TPSA) is 21.3 Å². The number of fused-ring (bicyclic) bond motifs is 2. The molecule has 2 bridgehead atoms. The summed E-state index contributed by atoms with van der Waals surface area (Å²) < 4.78 is 7.90. The lowest BCUT2D eigenvalue weighted by Gasteiger charge is -2.22. The lowest BCUT2D eigenvalue weighted by atomic mass is 9.89. The summed E-state index contributed by atoms with van der Waals surface area (Å²) in [6.07, 6.45) is 5.87. The average Bonchev–Trinajstić information content (AvgIpc) is 3.05. The van der Waals surface area contributed by atoms with E-state index < -0.39 is 0 Å². The normalized spacial score (nSPS) is 27.3. The first-order valence-corrected chi connectivity index (χ1v) is 9.57. The fraction of sp³-hybridized carbons (Fsp3) is 0.647. The van der Waals surface area contributed by atoms with Gasteiger partial charge in [-0.1, -0.05) is 22.4 Å². The van der Waals surface area contributed by atoms with Gasteiger partial charge in [0.25, 0.3) is 0 Å². The van der Waals surface area contributed by atoms with Crippen molar-refractivity contribution >= 4 is 31.9 Å². The molecular weight excluding hydrogens is 394 g/mol. The predicted octanol–water partition coefficient (Wildman–Crippen LogP) is 5.14. The Kier molecular flexibility index (Phi) is 5.28. The van der Waals surface area contributed by atoms with Gasteiger partial charge in [-0.15, -0.1) is 0 Å². The maximum Gasteiger partial charge on any atom is 0.138 e. The van der Waals surface area contributed by atoms with Gasteiger partial charge in [0, 0.05) is 16.6 Å². The molecule has 2 saturated carbocycles. The summed E-state index contributed by atoms with van der Waals surface area (Å²) in [4.78, 5) is 0. The van der Waals surface area contributed by atoms with Gasteiger partial charge in [0.05, 0.1) is 11.1 Å². The zero-order chi connectivity index (χ0) is 14.8. The van der Waals surface area contributed by atoms with E-state index in [2.05, 4.69) is 43.2 Å². The van der Waals surface area contributed by atoms with Gasteiger partial charge in [-0.25, -0.2) is 0 Å². The highest BCUT2D eigenvalue weighted by atomic mass is 79.9. The Morgan fingerprint density at radius 2 is 2.10 bits per heavy atom. The minimum atomic E-state index is 0.694. The summed E-state index contributed by atoms with van der Waals surface area (Å²) in [7, 11) is 0. The number of benzene rings is 1. The van der Waals surface area contributed by atoms with Crippen LogP contribution in [0.25, 0.3) is 0 Å². The molecule has 2 fully saturated rings. The Bertz CT molecular complexity index is 506. The molecule has 0 aliphatic heterocycles. The Morgan fingerprint density at radius 1 is 1.24 bits per heavy atom. The van der Waals surface area contributed by atoms with Crippen LogP contribution in [-0.2, 0) is 6.54 Å². The van der Waals surface area contributed by atoms with Crippen LogP contribution < -0.4 is 10.1 Å². The Balaban J connectivity index is 1.59. The first-order chi connectivity index (χ1) is 10.2. The van der Waals surface area contributed by atoms with Gasteiger partial charge in [-0.3, -0.25) is 0 Å². The molecular formula is C17H23Br2NO. The van der Waals surface area contributed by atoms with Crippen LogP contribution in [0.2, 0.25) is 0 Å². The minimum absolute atomic E-state index is 0.694. The van der Waals surface area contributed by atoms with E-state index >= 15 is 0 Å². The van der Waals surface area contributed by atoms with E-state index in [-0.39, 0.29) is 0 Å². The minimum Gasteiger partial charge on any atom is -0.492 e. The molecule has 2 aliphatic rings. The van der Waals surface area contributed by atoms with Crippen molar-refractivity contribution in [3.05, 3.63) is 26.6 Å². The van der Waals surface area contributed by atoms with E-state index in [1.165, 1.54) is 31.2 Å². The van der Waals surface area contributed by atoms with Crippen LogP contribution in [0.5, 0.6) is 5.75 Å². The van der Waals surface area contributed by atoms with Crippen molar-refractivity contribution in [2.24, 2.45) is 17.8 Å². The van der Waals surface area contributed by atoms with Crippen LogP contribution in [0.15, 0.2) is 21.1 Å². The molecule has 0 radical (unpaired) electrons. The molecule has 1 aromatic carbocycles. The lowest BCUT2D eigenvalue weighted by Crippen LogP contribution is -2.26. The van der Waals surface area contributed by atoms with Crippen molar-refractivity contribution in [3.8, 4) is 5.75 Å². The molecule has 0 saturated heterocycles. The maximum absolute atomic E-state index is 5.79. The number of halogens is 2. The van der Waals surface area contributed by atoms with Gasteiger partial charge in [-0.05, 0) is 78.5 Å². The van der Waals surface area contributed by atoms with Crippen LogP contribution in [0, 0.1) is 17.8 Å². The molecule has 21 heavy (non-hydrogen) atoms. The summed E-state index contributed by atoms with van der Waals surface area (Å²) in [6, 6.07) is 4.20. The third-order valence-electron chi connectivity index (χ3n) is 4.98. The largest absolute Gasteiger partial charge is 0.492 e. The summed E-state index contributed by atoms with van der Waals surface area (Å²) in [6.45, 7) is 4.75. The molecule has 0 heterocycles. The number of hydrogen-bond donors (Lipinski definition) is 1. The molecule has 3 atom stereocenters. The van der Waals surface area contributed by atoms with Crippen LogP contribution in [0.3, 0.4) is 0 Å². The zero-order valence-corrected chi connectivity index (χ0v) is 15.7. The second-order valence-corrected chi connectivity index (χ2v) is 8.14. The number of rotatable bonds is 6. The van der Waals surface area contributed by atoms with Gasteiger partial charge in [0.15, 0.2) is 0 Å². The molecule has 1 N–H and O–H groups in total. The Labute approximate surface area is 144 Å². The smallest absolute Gasteiger partial charge is 0.138 e. The molecule has 2 aliphatic carbocycles. The fourth-order valence-corrected chi connectivity index (χ4v) is 5.50. The van der Waals surface area contributed by atoms with E-state index in [1.54, 1.807) is 0 Å². The molecule has 116 valence electrons. The highest BCUT2D eigenvalue weighted by Gasteiger charge is 2.38. The van der Waals surface area contributed by atoms with E-state index in [1.807, 2.05) is 13.0 Å². The van der Waals surface area contributed by atoms with Gasteiger partial charge in [0.2, 0.25) is 0 Å². The van der Waals surface area contributed by atoms with Gasteiger partial charge < -0.3 is 10.1 Å². The molecule has 0 amide bonds. The second kappa shape index (κ2) is 7.01. The summed E-state index contributed by atoms with van der Waals surface area (Å²) in [5, 5.41) is 3.66. The van der Waals surface area contributed by atoms with Crippen molar-refractivity contribution < 1.29 is 4.74 Å². The molecule has 0 aromatic heterocycles.